The van der Waals surface area contributed by atoms with Crippen molar-refractivity contribution in [2.45, 2.75) is 31.8 Å². The monoisotopic (exact) mass is 280 g/mol. The predicted octanol–water partition coefficient (Wildman–Crippen LogP) is 2.11. The van der Waals surface area contributed by atoms with Gasteiger partial charge in [0.05, 0.1) is 0 Å². The molecule has 0 radical (unpaired) electrons. The molecule has 110 valence electrons. The van der Waals surface area contributed by atoms with Crippen molar-refractivity contribution in [2.24, 2.45) is 0 Å². The predicted molar refractivity (Wildman–Crippen MR) is 75.2 cm³/mol. The standard InChI is InChI=1S/C15H21FN2O2/c1-10(17-2)13-7-4-11(16)8-14(13)20-9-15(19)18(3)12-5-6-12/h4,7-8,10,12,17H,5-6,9H2,1-3H3. The SMILES string of the molecule is CNC(C)c1ccc(F)cc1OCC(=O)N(C)C1CC1. The molecule has 1 aromatic rings. The van der Waals surface area contributed by atoms with Gasteiger partial charge in [0.2, 0.25) is 0 Å². The Hall–Kier alpha value is -1.62. The van der Waals surface area contributed by atoms with Gasteiger partial charge in [-0.3, -0.25) is 4.79 Å². The Morgan fingerprint density at radius 2 is 2.25 bits per heavy atom. The quantitative estimate of drug-likeness (QED) is 0.867. The van der Waals surface area contributed by atoms with Gasteiger partial charge in [0.1, 0.15) is 11.6 Å². The Bertz CT molecular complexity index is 489. The van der Waals surface area contributed by atoms with Crippen LogP contribution < -0.4 is 10.1 Å². The van der Waals surface area contributed by atoms with E-state index in [0.717, 1.165) is 18.4 Å². The first kappa shape index (κ1) is 14.8. The number of halogens is 1. The van der Waals surface area contributed by atoms with Crippen LogP contribution in [0.15, 0.2) is 18.2 Å². The Morgan fingerprint density at radius 1 is 1.55 bits per heavy atom. The number of hydrogen-bond donors (Lipinski definition) is 1. The Kier molecular flexibility index (Phi) is 4.60. The van der Waals surface area contributed by atoms with Gasteiger partial charge in [-0.15, -0.1) is 0 Å². The largest absolute Gasteiger partial charge is 0.483 e. The number of ether oxygens (including phenoxy) is 1. The molecule has 1 amide bonds. The lowest BCUT2D eigenvalue weighted by atomic mass is 10.1. The first-order valence-corrected chi connectivity index (χ1v) is 6.88. The molecule has 1 saturated carbocycles. The van der Waals surface area contributed by atoms with E-state index in [-0.39, 0.29) is 24.4 Å². The number of nitrogens with zero attached hydrogens (tertiary/aromatic N) is 1. The third-order valence-corrected chi connectivity index (χ3v) is 3.71. The zero-order valence-electron chi connectivity index (χ0n) is 12.1. The molecule has 1 aromatic carbocycles. The van der Waals surface area contributed by atoms with Crippen LogP contribution in [0.5, 0.6) is 5.75 Å². The normalized spacial score (nSPS) is 15.8. The van der Waals surface area contributed by atoms with E-state index >= 15 is 0 Å². The van der Waals surface area contributed by atoms with Crippen molar-refractivity contribution >= 4 is 5.91 Å². The first-order chi connectivity index (χ1) is 9.52. The van der Waals surface area contributed by atoms with Crippen LogP contribution in [-0.2, 0) is 4.79 Å². The number of rotatable bonds is 6. The molecule has 1 atom stereocenters. The molecule has 2 rings (SSSR count). The van der Waals surface area contributed by atoms with E-state index in [9.17, 15) is 9.18 Å². The zero-order chi connectivity index (χ0) is 14.7. The van der Waals surface area contributed by atoms with Crippen LogP contribution in [0.4, 0.5) is 4.39 Å². The number of benzene rings is 1. The van der Waals surface area contributed by atoms with Crippen LogP contribution >= 0.6 is 0 Å². The molecular formula is C15H21FN2O2. The first-order valence-electron chi connectivity index (χ1n) is 6.88. The van der Waals surface area contributed by atoms with Crippen LogP contribution in [0.1, 0.15) is 31.4 Å². The number of amides is 1. The van der Waals surface area contributed by atoms with Gasteiger partial charge >= 0.3 is 0 Å². The highest BCUT2D eigenvalue weighted by Crippen LogP contribution is 2.27. The summed E-state index contributed by atoms with van der Waals surface area (Å²) in [5.41, 5.74) is 0.843. The molecule has 5 heteroatoms. The van der Waals surface area contributed by atoms with E-state index in [2.05, 4.69) is 5.32 Å². The van der Waals surface area contributed by atoms with Crippen LogP contribution in [0.2, 0.25) is 0 Å². The van der Waals surface area contributed by atoms with Gasteiger partial charge in [0.15, 0.2) is 6.61 Å². The molecule has 4 nitrogen and oxygen atoms in total. The maximum absolute atomic E-state index is 13.3. The molecule has 1 aliphatic rings. The lowest BCUT2D eigenvalue weighted by Gasteiger charge is -2.19. The fourth-order valence-electron chi connectivity index (χ4n) is 2.05. The molecule has 0 aromatic heterocycles. The van der Waals surface area contributed by atoms with Crippen molar-refractivity contribution in [3.8, 4) is 5.75 Å². The van der Waals surface area contributed by atoms with Crippen molar-refractivity contribution in [1.82, 2.24) is 10.2 Å². The van der Waals surface area contributed by atoms with Crippen LogP contribution in [0.25, 0.3) is 0 Å². The third kappa shape index (κ3) is 3.48. The summed E-state index contributed by atoms with van der Waals surface area (Å²) < 4.78 is 18.9. The maximum atomic E-state index is 13.3. The summed E-state index contributed by atoms with van der Waals surface area (Å²) in [4.78, 5) is 13.6. The molecule has 1 N–H and O–H groups in total. The van der Waals surface area contributed by atoms with Gasteiger partial charge in [0.25, 0.3) is 5.91 Å². The fourth-order valence-corrected chi connectivity index (χ4v) is 2.05. The molecule has 20 heavy (non-hydrogen) atoms. The molecule has 1 fully saturated rings. The molecule has 0 spiro atoms. The highest BCUT2D eigenvalue weighted by molar-refractivity contribution is 5.78. The van der Waals surface area contributed by atoms with E-state index in [1.54, 1.807) is 18.0 Å². The van der Waals surface area contributed by atoms with Gasteiger partial charge < -0.3 is 15.0 Å². The van der Waals surface area contributed by atoms with Gasteiger partial charge in [0, 0.05) is 30.8 Å². The van der Waals surface area contributed by atoms with Crippen LogP contribution in [0.3, 0.4) is 0 Å². The average Bonchev–Trinajstić information content (AvgIpc) is 3.27. The van der Waals surface area contributed by atoms with Gasteiger partial charge in [-0.1, -0.05) is 6.07 Å². The minimum atomic E-state index is -0.366. The molecule has 0 saturated heterocycles. The van der Waals surface area contributed by atoms with Crippen molar-refractivity contribution in [3.63, 3.8) is 0 Å². The van der Waals surface area contributed by atoms with E-state index in [4.69, 9.17) is 4.74 Å². The van der Waals surface area contributed by atoms with E-state index in [0.29, 0.717) is 11.8 Å². The summed E-state index contributed by atoms with van der Waals surface area (Å²) in [6.45, 7) is 1.90. The highest BCUT2D eigenvalue weighted by Gasteiger charge is 2.29. The summed E-state index contributed by atoms with van der Waals surface area (Å²) >= 11 is 0. The summed E-state index contributed by atoms with van der Waals surface area (Å²) in [5.74, 6) is -0.0146. The minimum absolute atomic E-state index is 0.0295. The molecule has 1 unspecified atom stereocenters. The van der Waals surface area contributed by atoms with Crippen molar-refractivity contribution in [2.75, 3.05) is 20.7 Å². The minimum Gasteiger partial charge on any atom is -0.483 e. The van der Waals surface area contributed by atoms with E-state index in [1.165, 1.54) is 12.1 Å². The van der Waals surface area contributed by atoms with E-state index in [1.807, 2.05) is 14.0 Å². The second-order valence-corrected chi connectivity index (χ2v) is 5.22. The summed E-state index contributed by atoms with van der Waals surface area (Å²) in [7, 11) is 3.61. The number of nitrogens with one attached hydrogen (secondary N) is 1. The van der Waals surface area contributed by atoms with E-state index < -0.39 is 0 Å². The van der Waals surface area contributed by atoms with Gasteiger partial charge in [-0.25, -0.2) is 4.39 Å². The number of likely N-dealkylation sites (N-methyl/N-ethyl adjacent to an activating group) is 1. The number of carbonyl (C=O) groups is 1. The smallest absolute Gasteiger partial charge is 0.260 e. The highest BCUT2D eigenvalue weighted by atomic mass is 19.1. The molecule has 0 bridgehead atoms. The lowest BCUT2D eigenvalue weighted by Crippen LogP contribution is -2.33. The van der Waals surface area contributed by atoms with Gasteiger partial charge in [-0.05, 0) is 32.9 Å². The van der Waals surface area contributed by atoms with Crippen LogP contribution in [-0.4, -0.2) is 37.6 Å². The summed E-state index contributed by atoms with van der Waals surface area (Å²) in [6.07, 6.45) is 2.12. The molecular weight excluding hydrogens is 259 g/mol. The summed E-state index contributed by atoms with van der Waals surface area (Å²) in [5, 5.41) is 3.08. The summed E-state index contributed by atoms with van der Waals surface area (Å²) in [6, 6.07) is 4.79. The number of hydrogen-bond acceptors (Lipinski definition) is 3. The van der Waals surface area contributed by atoms with Gasteiger partial charge in [-0.2, -0.15) is 0 Å². The van der Waals surface area contributed by atoms with Crippen molar-refractivity contribution in [1.29, 1.82) is 0 Å². The Labute approximate surface area is 118 Å². The maximum Gasteiger partial charge on any atom is 0.260 e. The van der Waals surface area contributed by atoms with Crippen LogP contribution in [0, 0.1) is 5.82 Å². The second kappa shape index (κ2) is 6.22. The molecule has 0 aliphatic heterocycles. The second-order valence-electron chi connectivity index (χ2n) is 5.22. The number of carbonyl (C=O) groups excluding carboxylic acids is 1. The lowest BCUT2D eigenvalue weighted by molar-refractivity contribution is -0.132. The third-order valence-electron chi connectivity index (χ3n) is 3.71. The molecule has 0 heterocycles. The Balaban J connectivity index is 2.03. The van der Waals surface area contributed by atoms with Crippen molar-refractivity contribution < 1.29 is 13.9 Å². The fraction of sp³-hybridized carbons (Fsp3) is 0.533. The topological polar surface area (TPSA) is 41.6 Å². The zero-order valence-corrected chi connectivity index (χ0v) is 12.1. The average molecular weight is 280 g/mol. The molecule has 1 aliphatic carbocycles. The Morgan fingerprint density at radius 3 is 2.85 bits per heavy atom. The van der Waals surface area contributed by atoms with Crippen molar-refractivity contribution in [3.05, 3.63) is 29.6 Å².